The van der Waals surface area contributed by atoms with Crippen LogP contribution >= 0.6 is 34.5 Å². The molecule has 0 bridgehead atoms. The minimum Gasteiger partial charge on any atom is -0.312 e. The van der Waals surface area contributed by atoms with Crippen molar-refractivity contribution in [3.8, 4) is 6.07 Å². The van der Waals surface area contributed by atoms with Crippen LogP contribution in [0.2, 0.25) is 10.0 Å². The fraction of sp³-hybridized carbons (Fsp3) is 0.182. The van der Waals surface area contributed by atoms with E-state index in [0.717, 1.165) is 36.5 Å². The zero-order chi connectivity index (χ0) is 20.4. The molecule has 0 aliphatic carbocycles. The van der Waals surface area contributed by atoms with Crippen molar-refractivity contribution in [2.24, 2.45) is 0 Å². The zero-order valence-electron chi connectivity index (χ0n) is 15.4. The van der Waals surface area contributed by atoms with Crippen molar-refractivity contribution in [1.82, 2.24) is 4.90 Å². The standard InChI is InChI=1S/C22H17Cl2N3OS/c23-16-8-15(9-17(24)10-16)21(28)26-22-19(11-25)18-6-7-27(13-20(18)29-22)12-14-4-2-1-3-5-14/h1-5,8-10H,6-7,12-13H2,(H,26,28). The Hall–Kier alpha value is -2.36. The molecule has 1 amide bonds. The highest BCUT2D eigenvalue weighted by atomic mass is 35.5. The van der Waals surface area contributed by atoms with Crippen LogP contribution in [0.4, 0.5) is 5.00 Å². The summed E-state index contributed by atoms with van der Waals surface area (Å²) in [6, 6.07) is 17.3. The van der Waals surface area contributed by atoms with Gasteiger partial charge in [0.1, 0.15) is 11.1 Å². The van der Waals surface area contributed by atoms with Gasteiger partial charge in [0.2, 0.25) is 0 Å². The summed E-state index contributed by atoms with van der Waals surface area (Å²) >= 11 is 13.5. The Morgan fingerprint density at radius 2 is 1.90 bits per heavy atom. The van der Waals surface area contributed by atoms with Gasteiger partial charge >= 0.3 is 0 Å². The molecule has 0 spiro atoms. The van der Waals surface area contributed by atoms with Gasteiger partial charge in [0.25, 0.3) is 5.91 Å². The molecule has 0 radical (unpaired) electrons. The van der Waals surface area contributed by atoms with Gasteiger partial charge in [0.05, 0.1) is 5.56 Å². The van der Waals surface area contributed by atoms with E-state index < -0.39 is 0 Å². The van der Waals surface area contributed by atoms with E-state index in [1.807, 2.05) is 18.2 Å². The lowest BCUT2D eigenvalue weighted by molar-refractivity contribution is 0.102. The van der Waals surface area contributed by atoms with E-state index >= 15 is 0 Å². The monoisotopic (exact) mass is 441 g/mol. The Labute approximate surface area is 183 Å². The first-order valence-corrected chi connectivity index (χ1v) is 10.7. The molecule has 0 atom stereocenters. The summed E-state index contributed by atoms with van der Waals surface area (Å²) in [5.41, 5.74) is 3.23. The number of carbonyl (C=O) groups is 1. The topological polar surface area (TPSA) is 56.1 Å². The molecule has 146 valence electrons. The highest BCUT2D eigenvalue weighted by Crippen LogP contribution is 2.37. The van der Waals surface area contributed by atoms with Crippen molar-refractivity contribution >= 4 is 45.4 Å². The van der Waals surface area contributed by atoms with Crippen molar-refractivity contribution in [3.05, 3.63) is 85.7 Å². The predicted octanol–water partition coefficient (Wildman–Crippen LogP) is 5.74. The summed E-state index contributed by atoms with van der Waals surface area (Å²) in [6.07, 6.45) is 0.792. The maximum Gasteiger partial charge on any atom is 0.256 e. The van der Waals surface area contributed by atoms with Gasteiger partial charge in [-0.25, -0.2) is 0 Å². The third-order valence-corrected chi connectivity index (χ3v) is 6.42. The molecule has 2 heterocycles. The summed E-state index contributed by atoms with van der Waals surface area (Å²) in [7, 11) is 0. The summed E-state index contributed by atoms with van der Waals surface area (Å²) in [4.78, 5) is 16.2. The van der Waals surface area contributed by atoms with E-state index in [2.05, 4.69) is 28.4 Å². The maximum absolute atomic E-state index is 12.7. The number of anilines is 1. The molecule has 1 aliphatic rings. The Bertz CT molecular complexity index is 1080. The first kappa shape index (κ1) is 19.9. The molecule has 0 fully saturated rings. The maximum atomic E-state index is 12.7. The first-order valence-electron chi connectivity index (χ1n) is 9.12. The molecular weight excluding hydrogens is 425 g/mol. The van der Waals surface area contributed by atoms with Crippen molar-refractivity contribution in [2.45, 2.75) is 19.5 Å². The predicted molar refractivity (Wildman–Crippen MR) is 118 cm³/mol. The van der Waals surface area contributed by atoms with Crippen molar-refractivity contribution in [1.29, 1.82) is 5.26 Å². The highest BCUT2D eigenvalue weighted by molar-refractivity contribution is 7.16. The van der Waals surface area contributed by atoms with Crippen LogP contribution in [0.1, 0.15) is 31.9 Å². The molecule has 0 saturated carbocycles. The zero-order valence-corrected chi connectivity index (χ0v) is 17.7. The normalized spacial score (nSPS) is 13.6. The molecule has 0 unspecified atom stereocenters. The third kappa shape index (κ3) is 4.47. The number of halogens is 2. The van der Waals surface area contributed by atoms with Crippen LogP contribution in [0.15, 0.2) is 48.5 Å². The number of nitrogens with one attached hydrogen (secondary N) is 1. The highest BCUT2D eigenvalue weighted by Gasteiger charge is 2.25. The van der Waals surface area contributed by atoms with E-state index in [-0.39, 0.29) is 5.91 Å². The van der Waals surface area contributed by atoms with Gasteiger partial charge < -0.3 is 5.32 Å². The van der Waals surface area contributed by atoms with Gasteiger partial charge in [-0.1, -0.05) is 53.5 Å². The number of hydrogen-bond donors (Lipinski definition) is 1. The Kier molecular flexibility index (Phi) is 5.89. The molecule has 1 N–H and O–H groups in total. The van der Waals surface area contributed by atoms with Crippen LogP contribution < -0.4 is 5.32 Å². The number of thiophene rings is 1. The van der Waals surface area contributed by atoms with Crippen LogP contribution in [0.3, 0.4) is 0 Å². The van der Waals surface area contributed by atoms with E-state index in [1.165, 1.54) is 16.9 Å². The number of fused-ring (bicyclic) bond motifs is 1. The molecule has 29 heavy (non-hydrogen) atoms. The lowest BCUT2D eigenvalue weighted by Crippen LogP contribution is -2.29. The average Bonchev–Trinajstić information content (AvgIpc) is 3.04. The van der Waals surface area contributed by atoms with Crippen LogP contribution in [0.25, 0.3) is 0 Å². The van der Waals surface area contributed by atoms with Gasteiger partial charge in [0.15, 0.2) is 0 Å². The van der Waals surface area contributed by atoms with Gasteiger partial charge in [0, 0.05) is 40.1 Å². The second-order valence-electron chi connectivity index (χ2n) is 6.88. The lowest BCUT2D eigenvalue weighted by atomic mass is 10.0. The smallest absolute Gasteiger partial charge is 0.256 e. The summed E-state index contributed by atoms with van der Waals surface area (Å²) < 4.78 is 0. The SMILES string of the molecule is N#Cc1c(NC(=O)c2cc(Cl)cc(Cl)c2)sc2c1CCN(Cc1ccccc1)C2. The second kappa shape index (κ2) is 8.56. The Morgan fingerprint density at radius 3 is 2.59 bits per heavy atom. The molecule has 4 nitrogen and oxygen atoms in total. The van der Waals surface area contributed by atoms with E-state index in [4.69, 9.17) is 23.2 Å². The number of nitrogens with zero attached hydrogens (tertiary/aromatic N) is 2. The minimum absolute atomic E-state index is 0.328. The molecular formula is C22H17Cl2N3OS. The van der Waals surface area contributed by atoms with E-state index in [0.29, 0.717) is 26.2 Å². The van der Waals surface area contributed by atoms with Crippen LogP contribution in [-0.2, 0) is 19.5 Å². The molecule has 2 aromatic carbocycles. The largest absolute Gasteiger partial charge is 0.312 e. The summed E-state index contributed by atoms with van der Waals surface area (Å²) in [5, 5.41) is 13.9. The number of nitriles is 1. The van der Waals surface area contributed by atoms with Crippen LogP contribution in [0, 0.1) is 11.3 Å². The molecule has 7 heteroatoms. The number of hydrogen-bond acceptors (Lipinski definition) is 4. The summed E-state index contributed by atoms with van der Waals surface area (Å²) in [5.74, 6) is -0.328. The number of carbonyl (C=O) groups excluding carboxylic acids is 1. The van der Waals surface area contributed by atoms with Gasteiger partial charge in [-0.15, -0.1) is 11.3 Å². The Balaban J connectivity index is 1.54. The van der Waals surface area contributed by atoms with E-state index in [9.17, 15) is 10.1 Å². The second-order valence-corrected chi connectivity index (χ2v) is 8.86. The van der Waals surface area contributed by atoms with E-state index in [1.54, 1.807) is 18.2 Å². The van der Waals surface area contributed by atoms with Gasteiger partial charge in [-0.2, -0.15) is 5.26 Å². The summed E-state index contributed by atoms with van der Waals surface area (Å²) in [6.45, 7) is 2.51. The fourth-order valence-electron chi connectivity index (χ4n) is 3.50. The van der Waals surface area contributed by atoms with Gasteiger partial charge in [-0.05, 0) is 35.7 Å². The molecule has 4 rings (SSSR count). The van der Waals surface area contributed by atoms with Gasteiger partial charge in [-0.3, -0.25) is 9.69 Å². The molecule has 1 aromatic heterocycles. The molecule has 1 aliphatic heterocycles. The quantitative estimate of drug-likeness (QED) is 0.561. The lowest BCUT2D eigenvalue weighted by Gasteiger charge is -2.26. The van der Waals surface area contributed by atoms with Crippen molar-refractivity contribution < 1.29 is 4.79 Å². The van der Waals surface area contributed by atoms with Crippen LogP contribution in [-0.4, -0.2) is 17.4 Å². The Morgan fingerprint density at radius 1 is 1.17 bits per heavy atom. The van der Waals surface area contributed by atoms with Crippen molar-refractivity contribution in [3.63, 3.8) is 0 Å². The minimum atomic E-state index is -0.328. The number of amides is 1. The first-order chi connectivity index (χ1) is 14.0. The van der Waals surface area contributed by atoms with Crippen molar-refractivity contribution in [2.75, 3.05) is 11.9 Å². The fourth-order valence-corrected chi connectivity index (χ4v) is 5.26. The molecule has 3 aromatic rings. The average molecular weight is 442 g/mol. The molecule has 0 saturated heterocycles. The van der Waals surface area contributed by atoms with Crippen LogP contribution in [0.5, 0.6) is 0 Å². The third-order valence-electron chi connectivity index (χ3n) is 4.85. The number of benzene rings is 2. The number of rotatable bonds is 4.